The molecule has 112 valence electrons. The lowest BCUT2D eigenvalue weighted by Gasteiger charge is -2.32. The number of likely N-dealkylation sites (N-methyl/N-ethyl adjacent to an activating group) is 1. The van der Waals surface area contributed by atoms with Crippen LogP contribution in [0, 0.1) is 0 Å². The molecule has 2 rings (SSSR count). The molecule has 1 aliphatic rings. The normalized spacial score (nSPS) is 17.4. The van der Waals surface area contributed by atoms with Gasteiger partial charge in [-0.25, -0.2) is 0 Å². The van der Waals surface area contributed by atoms with E-state index < -0.39 is 0 Å². The van der Waals surface area contributed by atoms with Crippen molar-refractivity contribution in [2.75, 3.05) is 53.4 Å². The van der Waals surface area contributed by atoms with Gasteiger partial charge in [0.05, 0.1) is 0 Å². The van der Waals surface area contributed by atoms with E-state index in [1.165, 1.54) is 5.56 Å². The summed E-state index contributed by atoms with van der Waals surface area (Å²) in [5.74, 6) is 0.951. The Labute approximate surface area is 130 Å². The van der Waals surface area contributed by atoms with Crippen molar-refractivity contribution in [3.05, 3.63) is 28.2 Å². The second kappa shape index (κ2) is 7.98. The number of rotatable bonds is 6. The lowest BCUT2D eigenvalue weighted by molar-refractivity contribution is 0.133. The van der Waals surface area contributed by atoms with Crippen molar-refractivity contribution < 1.29 is 4.74 Å². The standard InChI is InChI=1S/C15H24BrN3O/c1-17-12-13-11-14(3-4-15(13)16)20-10-9-19-7-5-18(2)6-8-19/h3-4,11,17H,5-10,12H2,1-2H3. The number of hydrogen-bond donors (Lipinski definition) is 1. The summed E-state index contributed by atoms with van der Waals surface area (Å²) in [5.41, 5.74) is 1.23. The fraction of sp³-hybridized carbons (Fsp3) is 0.600. The summed E-state index contributed by atoms with van der Waals surface area (Å²) in [6.45, 7) is 7.21. The number of benzene rings is 1. The molecule has 5 heteroatoms. The van der Waals surface area contributed by atoms with Crippen molar-refractivity contribution >= 4 is 15.9 Å². The van der Waals surface area contributed by atoms with Crippen molar-refractivity contribution in [3.8, 4) is 5.75 Å². The number of nitrogens with zero attached hydrogens (tertiary/aromatic N) is 2. The first kappa shape index (κ1) is 15.8. The Morgan fingerprint density at radius 2 is 2.00 bits per heavy atom. The Balaban J connectivity index is 1.77. The molecule has 0 unspecified atom stereocenters. The van der Waals surface area contributed by atoms with Crippen LogP contribution in [0.5, 0.6) is 5.75 Å². The molecular formula is C15H24BrN3O. The zero-order valence-corrected chi connectivity index (χ0v) is 13.9. The molecule has 1 N–H and O–H groups in total. The predicted octanol–water partition coefficient (Wildman–Crippen LogP) is 1.79. The molecule has 0 aliphatic carbocycles. The average molecular weight is 342 g/mol. The number of nitrogens with one attached hydrogen (secondary N) is 1. The van der Waals surface area contributed by atoms with Gasteiger partial charge in [0, 0.05) is 43.7 Å². The molecule has 0 amide bonds. The molecule has 0 atom stereocenters. The highest BCUT2D eigenvalue weighted by Crippen LogP contribution is 2.22. The summed E-state index contributed by atoms with van der Waals surface area (Å²) >= 11 is 3.56. The first-order chi connectivity index (χ1) is 9.69. The summed E-state index contributed by atoms with van der Waals surface area (Å²) in [6, 6.07) is 6.18. The van der Waals surface area contributed by atoms with Gasteiger partial charge in [0.15, 0.2) is 0 Å². The highest BCUT2D eigenvalue weighted by atomic mass is 79.9. The number of piperazine rings is 1. The highest BCUT2D eigenvalue weighted by molar-refractivity contribution is 9.10. The Morgan fingerprint density at radius 1 is 1.25 bits per heavy atom. The van der Waals surface area contributed by atoms with Crippen LogP contribution >= 0.6 is 15.9 Å². The Kier molecular flexibility index (Phi) is 6.29. The van der Waals surface area contributed by atoms with Crippen LogP contribution in [0.3, 0.4) is 0 Å². The Bertz CT molecular complexity index is 420. The molecule has 1 aromatic carbocycles. The van der Waals surface area contributed by atoms with Crippen molar-refractivity contribution in [3.63, 3.8) is 0 Å². The van der Waals surface area contributed by atoms with Crippen LogP contribution in [-0.4, -0.2) is 63.2 Å². The Hall–Kier alpha value is -0.620. The molecule has 0 radical (unpaired) electrons. The molecule has 0 spiro atoms. The number of hydrogen-bond acceptors (Lipinski definition) is 4. The smallest absolute Gasteiger partial charge is 0.119 e. The summed E-state index contributed by atoms with van der Waals surface area (Å²) < 4.78 is 7.00. The van der Waals surface area contributed by atoms with Gasteiger partial charge in [0.1, 0.15) is 12.4 Å². The van der Waals surface area contributed by atoms with E-state index in [0.29, 0.717) is 0 Å². The van der Waals surface area contributed by atoms with E-state index in [1.54, 1.807) is 0 Å². The molecule has 0 bridgehead atoms. The van der Waals surface area contributed by atoms with E-state index in [4.69, 9.17) is 4.74 Å². The molecule has 20 heavy (non-hydrogen) atoms. The van der Waals surface area contributed by atoms with Gasteiger partial charge in [0.25, 0.3) is 0 Å². The molecule has 1 aromatic rings. The van der Waals surface area contributed by atoms with Crippen LogP contribution in [0.25, 0.3) is 0 Å². The third-order valence-corrected chi connectivity index (χ3v) is 4.43. The van der Waals surface area contributed by atoms with Crippen LogP contribution in [0.15, 0.2) is 22.7 Å². The van der Waals surface area contributed by atoms with Gasteiger partial charge in [-0.1, -0.05) is 15.9 Å². The Morgan fingerprint density at radius 3 is 2.70 bits per heavy atom. The van der Waals surface area contributed by atoms with Crippen LogP contribution in [0.1, 0.15) is 5.56 Å². The molecule has 1 heterocycles. The minimum absolute atomic E-state index is 0.754. The number of halogens is 1. The summed E-state index contributed by atoms with van der Waals surface area (Å²) in [7, 11) is 4.13. The molecular weight excluding hydrogens is 318 g/mol. The largest absolute Gasteiger partial charge is 0.492 e. The maximum absolute atomic E-state index is 5.87. The quantitative estimate of drug-likeness (QED) is 0.853. The van der Waals surface area contributed by atoms with Crippen LogP contribution in [0.4, 0.5) is 0 Å². The topological polar surface area (TPSA) is 27.7 Å². The van der Waals surface area contributed by atoms with Gasteiger partial charge in [0.2, 0.25) is 0 Å². The van der Waals surface area contributed by atoms with E-state index in [9.17, 15) is 0 Å². The first-order valence-corrected chi connectivity index (χ1v) is 7.95. The molecule has 0 aromatic heterocycles. The summed E-state index contributed by atoms with van der Waals surface area (Å²) in [5, 5.41) is 3.17. The maximum Gasteiger partial charge on any atom is 0.119 e. The van der Waals surface area contributed by atoms with E-state index in [0.717, 1.165) is 56.1 Å². The van der Waals surface area contributed by atoms with Crippen LogP contribution in [0.2, 0.25) is 0 Å². The molecule has 1 aliphatic heterocycles. The van der Waals surface area contributed by atoms with Crippen molar-refractivity contribution in [2.45, 2.75) is 6.54 Å². The zero-order valence-electron chi connectivity index (χ0n) is 12.4. The minimum atomic E-state index is 0.754. The highest BCUT2D eigenvalue weighted by Gasteiger charge is 2.13. The second-order valence-corrected chi connectivity index (χ2v) is 6.13. The second-order valence-electron chi connectivity index (χ2n) is 5.28. The van der Waals surface area contributed by atoms with Gasteiger partial charge in [-0.05, 0) is 37.9 Å². The average Bonchev–Trinajstić information content (AvgIpc) is 2.45. The van der Waals surface area contributed by atoms with Gasteiger partial charge in [-0.3, -0.25) is 4.90 Å². The van der Waals surface area contributed by atoms with E-state index in [2.05, 4.69) is 50.2 Å². The maximum atomic E-state index is 5.87. The fourth-order valence-corrected chi connectivity index (χ4v) is 2.72. The van der Waals surface area contributed by atoms with Crippen molar-refractivity contribution in [1.29, 1.82) is 0 Å². The van der Waals surface area contributed by atoms with E-state index in [-0.39, 0.29) is 0 Å². The van der Waals surface area contributed by atoms with Gasteiger partial charge < -0.3 is 15.0 Å². The van der Waals surface area contributed by atoms with Crippen molar-refractivity contribution in [2.24, 2.45) is 0 Å². The monoisotopic (exact) mass is 341 g/mol. The molecule has 1 fully saturated rings. The fourth-order valence-electron chi connectivity index (χ4n) is 2.33. The van der Waals surface area contributed by atoms with E-state index in [1.807, 2.05) is 13.1 Å². The minimum Gasteiger partial charge on any atom is -0.492 e. The van der Waals surface area contributed by atoms with Gasteiger partial charge in [-0.15, -0.1) is 0 Å². The molecule has 0 saturated carbocycles. The summed E-state index contributed by atoms with van der Waals surface area (Å²) in [6.07, 6.45) is 0. The number of ether oxygens (including phenoxy) is 1. The lowest BCUT2D eigenvalue weighted by atomic mass is 10.2. The lowest BCUT2D eigenvalue weighted by Crippen LogP contribution is -2.45. The van der Waals surface area contributed by atoms with Gasteiger partial charge >= 0.3 is 0 Å². The third-order valence-electron chi connectivity index (χ3n) is 3.66. The summed E-state index contributed by atoms with van der Waals surface area (Å²) in [4.78, 5) is 4.84. The third kappa shape index (κ3) is 4.74. The SMILES string of the molecule is CNCc1cc(OCCN2CCN(C)CC2)ccc1Br. The van der Waals surface area contributed by atoms with Crippen LogP contribution < -0.4 is 10.1 Å². The molecule has 1 saturated heterocycles. The first-order valence-electron chi connectivity index (χ1n) is 7.16. The molecule has 4 nitrogen and oxygen atoms in total. The van der Waals surface area contributed by atoms with E-state index >= 15 is 0 Å². The van der Waals surface area contributed by atoms with Gasteiger partial charge in [-0.2, -0.15) is 0 Å². The van der Waals surface area contributed by atoms with Crippen LogP contribution in [-0.2, 0) is 6.54 Å². The zero-order chi connectivity index (χ0) is 14.4. The predicted molar refractivity (Wildman–Crippen MR) is 86.3 cm³/mol. The van der Waals surface area contributed by atoms with Crippen molar-refractivity contribution in [1.82, 2.24) is 15.1 Å².